The molecule has 2 aliphatic heterocycles. The van der Waals surface area contributed by atoms with Crippen LogP contribution in [0.15, 0.2) is 53.1 Å². The highest BCUT2D eigenvalue weighted by Gasteiger charge is 2.27. The Morgan fingerprint density at radius 3 is 2.86 bits per heavy atom. The average Bonchev–Trinajstić information content (AvgIpc) is 3.49. The molecule has 2 aromatic heterocycles. The van der Waals surface area contributed by atoms with Crippen molar-refractivity contribution in [3.05, 3.63) is 64.9 Å². The smallest absolute Gasteiger partial charge is 0.261 e. The molecule has 28 heavy (non-hydrogen) atoms. The van der Waals surface area contributed by atoms with Crippen molar-refractivity contribution in [2.75, 3.05) is 19.6 Å². The minimum absolute atomic E-state index is 0.0346. The van der Waals surface area contributed by atoms with Gasteiger partial charge in [-0.25, -0.2) is 0 Å². The molecule has 5 rings (SSSR count). The van der Waals surface area contributed by atoms with Crippen molar-refractivity contribution in [3.8, 4) is 16.2 Å². The minimum Gasteiger partial charge on any atom is -0.488 e. The molecule has 0 unspecified atom stereocenters. The van der Waals surface area contributed by atoms with Crippen molar-refractivity contribution in [1.29, 1.82) is 0 Å². The zero-order chi connectivity index (χ0) is 18.9. The molecule has 1 amide bonds. The van der Waals surface area contributed by atoms with E-state index in [1.165, 1.54) is 24.2 Å². The monoisotopic (exact) mass is 394 g/mol. The zero-order valence-electron chi connectivity index (χ0n) is 15.5. The zero-order valence-corrected chi connectivity index (χ0v) is 16.3. The lowest BCUT2D eigenvalue weighted by Crippen LogP contribution is -2.36. The van der Waals surface area contributed by atoms with E-state index in [1.807, 2.05) is 42.5 Å². The number of carbonyl (C=O) groups excluding carboxylic acids is 1. The van der Waals surface area contributed by atoms with Crippen molar-refractivity contribution in [3.63, 3.8) is 0 Å². The first-order valence-corrected chi connectivity index (χ1v) is 10.5. The van der Waals surface area contributed by atoms with E-state index >= 15 is 0 Å². The second-order valence-corrected chi connectivity index (χ2v) is 8.29. The van der Waals surface area contributed by atoms with E-state index < -0.39 is 0 Å². The first-order chi connectivity index (χ1) is 13.8. The molecule has 3 aromatic rings. The summed E-state index contributed by atoms with van der Waals surface area (Å²) in [6.45, 7) is 3.15. The largest absolute Gasteiger partial charge is 0.488 e. The number of benzene rings is 1. The fraction of sp³-hybridized carbons (Fsp3) is 0.318. The van der Waals surface area contributed by atoms with E-state index in [-0.39, 0.29) is 11.9 Å². The molecule has 144 valence electrons. The molecule has 1 N–H and O–H groups in total. The van der Waals surface area contributed by atoms with Crippen molar-refractivity contribution in [2.45, 2.75) is 25.5 Å². The van der Waals surface area contributed by atoms with Crippen LogP contribution in [0.3, 0.4) is 0 Å². The van der Waals surface area contributed by atoms with Crippen LogP contribution in [0.2, 0.25) is 0 Å². The number of furan rings is 1. The number of carbonyl (C=O) groups is 1. The first kappa shape index (κ1) is 17.5. The second kappa shape index (κ2) is 7.45. The van der Waals surface area contributed by atoms with Gasteiger partial charge in [-0.15, -0.1) is 11.3 Å². The summed E-state index contributed by atoms with van der Waals surface area (Å²) in [5.74, 6) is 1.76. The maximum Gasteiger partial charge on any atom is 0.261 e. The summed E-state index contributed by atoms with van der Waals surface area (Å²) in [6.07, 6.45) is 4.09. The Kier molecular flexibility index (Phi) is 4.66. The Morgan fingerprint density at radius 1 is 1.18 bits per heavy atom. The maximum absolute atomic E-state index is 12.9. The molecular formula is C22H22N2O3S. The van der Waals surface area contributed by atoms with E-state index in [9.17, 15) is 4.79 Å². The van der Waals surface area contributed by atoms with Crippen LogP contribution in [0.1, 0.15) is 39.9 Å². The van der Waals surface area contributed by atoms with Crippen molar-refractivity contribution < 1.29 is 13.9 Å². The highest BCUT2D eigenvalue weighted by molar-refractivity contribution is 7.17. The molecule has 0 bridgehead atoms. The minimum atomic E-state index is -0.0346. The van der Waals surface area contributed by atoms with E-state index in [1.54, 1.807) is 6.26 Å². The molecule has 6 heteroatoms. The predicted molar refractivity (Wildman–Crippen MR) is 109 cm³/mol. The number of para-hydroxylation sites is 1. The Labute approximate surface area is 167 Å². The van der Waals surface area contributed by atoms with Crippen LogP contribution in [0, 0.1) is 0 Å². The van der Waals surface area contributed by atoms with Gasteiger partial charge in [-0.3, -0.25) is 9.69 Å². The summed E-state index contributed by atoms with van der Waals surface area (Å²) in [7, 11) is 0. The van der Waals surface area contributed by atoms with Gasteiger partial charge >= 0.3 is 0 Å². The van der Waals surface area contributed by atoms with Crippen LogP contribution in [0.5, 0.6) is 5.75 Å². The number of fused-ring (bicyclic) bond motifs is 3. The van der Waals surface area contributed by atoms with Crippen LogP contribution in [-0.4, -0.2) is 30.4 Å². The van der Waals surface area contributed by atoms with Crippen LogP contribution < -0.4 is 10.1 Å². The van der Waals surface area contributed by atoms with Gasteiger partial charge in [0.1, 0.15) is 18.1 Å². The lowest BCUT2D eigenvalue weighted by atomic mass is 10.1. The third-order valence-electron chi connectivity index (χ3n) is 5.46. The fourth-order valence-corrected chi connectivity index (χ4v) is 5.15. The maximum atomic E-state index is 12.9. The van der Waals surface area contributed by atoms with Crippen LogP contribution in [-0.2, 0) is 6.61 Å². The molecule has 0 radical (unpaired) electrons. The van der Waals surface area contributed by atoms with Crippen LogP contribution in [0.25, 0.3) is 10.4 Å². The summed E-state index contributed by atoms with van der Waals surface area (Å²) < 4.78 is 11.5. The highest BCUT2D eigenvalue weighted by atomic mass is 32.1. The molecule has 2 aliphatic rings. The summed E-state index contributed by atoms with van der Waals surface area (Å²) in [5, 5.41) is 3.13. The van der Waals surface area contributed by atoms with E-state index in [0.29, 0.717) is 13.2 Å². The SMILES string of the molecule is O=C(NC[C@@H](c1ccco1)N1CCCC1)c1cc2c(s1)-c1ccccc1OC2. The van der Waals surface area contributed by atoms with Gasteiger partial charge in [0.2, 0.25) is 0 Å². The van der Waals surface area contributed by atoms with Gasteiger partial charge in [0, 0.05) is 22.5 Å². The quantitative estimate of drug-likeness (QED) is 0.694. The van der Waals surface area contributed by atoms with Gasteiger partial charge in [0.15, 0.2) is 0 Å². The van der Waals surface area contributed by atoms with Crippen LogP contribution >= 0.6 is 11.3 Å². The number of hydrogen-bond donors (Lipinski definition) is 1. The number of ether oxygens (including phenoxy) is 1. The average molecular weight is 394 g/mol. The lowest BCUT2D eigenvalue weighted by molar-refractivity contribution is 0.0937. The molecule has 1 fully saturated rings. The van der Waals surface area contributed by atoms with Crippen molar-refractivity contribution in [1.82, 2.24) is 10.2 Å². The van der Waals surface area contributed by atoms with Gasteiger partial charge < -0.3 is 14.5 Å². The molecule has 0 aliphatic carbocycles. The van der Waals surface area contributed by atoms with Gasteiger partial charge in [-0.1, -0.05) is 12.1 Å². The predicted octanol–water partition coefficient (Wildman–Crippen LogP) is 4.47. The normalized spacial score (nSPS) is 16.9. The Morgan fingerprint density at radius 2 is 2.04 bits per heavy atom. The van der Waals surface area contributed by atoms with Crippen LogP contribution in [0.4, 0.5) is 0 Å². The molecule has 1 aromatic carbocycles. The lowest BCUT2D eigenvalue weighted by Gasteiger charge is -2.25. The van der Waals surface area contributed by atoms with E-state index in [2.05, 4.69) is 10.2 Å². The third kappa shape index (κ3) is 3.23. The molecule has 1 saturated heterocycles. The fourth-order valence-electron chi connectivity index (χ4n) is 4.03. The molecule has 1 atom stereocenters. The number of hydrogen-bond acceptors (Lipinski definition) is 5. The second-order valence-electron chi connectivity index (χ2n) is 7.23. The Hall–Kier alpha value is -2.57. The van der Waals surface area contributed by atoms with Gasteiger partial charge in [-0.2, -0.15) is 0 Å². The first-order valence-electron chi connectivity index (χ1n) is 9.70. The molecule has 4 heterocycles. The van der Waals surface area contributed by atoms with Crippen molar-refractivity contribution >= 4 is 17.2 Å². The number of amides is 1. The highest BCUT2D eigenvalue weighted by Crippen LogP contribution is 2.42. The standard InChI is InChI=1S/C22H22N2O3S/c25-22(23-13-17(19-8-5-11-26-19)24-9-3-4-10-24)20-12-15-14-27-18-7-2-1-6-16(18)21(15)28-20/h1-2,5-8,11-12,17H,3-4,9-10,13-14H2,(H,23,25)/t17-/m0/s1. The number of thiophene rings is 1. The number of likely N-dealkylation sites (tertiary alicyclic amines) is 1. The van der Waals surface area contributed by atoms with E-state index in [4.69, 9.17) is 9.15 Å². The molecule has 0 saturated carbocycles. The van der Waals surface area contributed by atoms with E-state index in [0.717, 1.165) is 45.5 Å². The molecular weight excluding hydrogens is 372 g/mol. The van der Waals surface area contributed by atoms with Gasteiger partial charge in [0.05, 0.1) is 17.2 Å². The number of nitrogens with one attached hydrogen (secondary N) is 1. The Bertz CT molecular complexity index is 974. The topological polar surface area (TPSA) is 54.7 Å². The van der Waals surface area contributed by atoms with Gasteiger partial charge in [-0.05, 0) is 56.3 Å². The summed E-state index contributed by atoms with van der Waals surface area (Å²) in [4.78, 5) is 17.1. The number of nitrogens with zero attached hydrogens (tertiary/aromatic N) is 1. The summed E-state index contributed by atoms with van der Waals surface area (Å²) in [5.41, 5.74) is 2.15. The summed E-state index contributed by atoms with van der Waals surface area (Å²) in [6, 6.07) is 13.9. The van der Waals surface area contributed by atoms with Crippen molar-refractivity contribution in [2.24, 2.45) is 0 Å². The third-order valence-corrected chi connectivity index (χ3v) is 6.67. The van der Waals surface area contributed by atoms with Gasteiger partial charge in [0.25, 0.3) is 5.91 Å². The number of rotatable bonds is 5. The molecule has 0 spiro atoms. The molecule has 5 nitrogen and oxygen atoms in total. The summed E-state index contributed by atoms with van der Waals surface area (Å²) >= 11 is 1.54. The Balaban J connectivity index is 1.33.